The molecule has 1 saturated heterocycles. The Morgan fingerprint density at radius 1 is 1.21 bits per heavy atom. The van der Waals surface area contributed by atoms with Gasteiger partial charge in [-0.05, 0) is 52.9 Å². The normalized spacial score (nSPS) is 17.2. The predicted molar refractivity (Wildman–Crippen MR) is 102 cm³/mol. The van der Waals surface area contributed by atoms with Gasteiger partial charge in [0.2, 0.25) is 5.95 Å². The zero-order valence-electron chi connectivity index (χ0n) is 12.7. The minimum Gasteiger partial charge on any atom is -0.327 e. The fraction of sp³-hybridized carbons (Fsp3) is 0.235. The maximum atomic E-state index is 12.3. The van der Waals surface area contributed by atoms with Crippen molar-refractivity contribution in [1.82, 2.24) is 14.9 Å². The molecular formula is C17H14ClIN4O. The van der Waals surface area contributed by atoms with Gasteiger partial charge in [0.15, 0.2) is 0 Å². The molecule has 0 radical (unpaired) electrons. The number of carbonyl (C=O) groups is 1. The maximum Gasteiger partial charge on any atom is 0.299 e. The molecule has 0 N–H and O–H groups in total. The van der Waals surface area contributed by atoms with Crippen molar-refractivity contribution in [1.29, 1.82) is 0 Å². The summed E-state index contributed by atoms with van der Waals surface area (Å²) in [5, 5.41) is 0. The van der Waals surface area contributed by atoms with Crippen LogP contribution in [0.15, 0.2) is 42.7 Å². The van der Waals surface area contributed by atoms with Crippen LogP contribution in [0.4, 0.5) is 5.95 Å². The van der Waals surface area contributed by atoms with Gasteiger partial charge in [0.05, 0.1) is 6.54 Å². The molecule has 0 spiro atoms. The average Bonchev–Trinajstić information content (AvgIpc) is 2.61. The van der Waals surface area contributed by atoms with Gasteiger partial charge in [-0.15, -0.1) is 0 Å². The lowest BCUT2D eigenvalue weighted by molar-refractivity contribution is -0.125. The molecule has 122 valence electrons. The first kappa shape index (κ1) is 17.0. The molecule has 1 unspecified atom stereocenters. The number of rotatable bonds is 1. The molecule has 2 heterocycles. The zero-order valence-corrected chi connectivity index (χ0v) is 15.6. The van der Waals surface area contributed by atoms with E-state index in [1.165, 1.54) is 0 Å². The molecule has 5 nitrogen and oxygen atoms in total. The van der Waals surface area contributed by atoms with Crippen LogP contribution in [-0.2, 0) is 4.79 Å². The van der Waals surface area contributed by atoms with Gasteiger partial charge < -0.3 is 9.80 Å². The summed E-state index contributed by atoms with van der Waals surface area (Å²) in [6.45, 7) is 1.51. The molecule has 0 saturated carbocycles. The molecule has 1 atom stereocenters. The van der Waals surface area contributed by atoms with Crippen LogP contribution in [0.25, 0.3) is 0 Å². The van der Waals surface area contributed by atoms with Gasteiger partial charge in [-0.1, -0.05) is 17.5 Å². The molecule has 1 aromatic heterocycles. The Labute approximate surface area is 159 Å². The Balaban J connectivity index is 1.63. The van der Waals surface area contributed by atoms with Crippen LogP contribution in [0.3, 0.4) is 0 Å². The van der Waals surface area contributed by atoms with E-state index in [0.29, 0.717) is 25.6 Å². The van der Waals surface area contributed by atoms with E-state index in [-0.39, 0.29) is 11.4 Å². The van der Waals surface area contributed by atoms with Crippen molar-refractivity contribution in [3.05, 3.63) is 51.9 Å². The first-order valence-electron chi connectivity index (χ1n) is 7.38. The molecule has 1 aliphatic heterocycles. The number of aromatic nitrogens is 2. The number of benzene rings is 1. The third-order valence-electron chi connectivity index (χ3n) is 3.57. The van der Waals surface area contributed by atoms with E-state index < -0.39 is 0 Å². The number of halogens is 2. The lowest BCUT2D eigenvalue weighted by Gasteiger charge is -2.37. The summed E-state index contributed by atoms with van der Waals surface area (Å²) < 4.78 is 1.13. The van der Waals surface area contributed by atoms with Gasteiger partial charge in [0.25, 0.3) is 5.91 Å². The lowest BCUT2D eigenvalue weighted by atomic mass is 10.2. The van der Waals surface area contributed by atoms with Gasteiger partial charge in [-0.25, -0.2) is 9.97 Å². The van der Waals surface area contributed by atoms with E-state index in [4.69, 9.17) is 11.6 Å². The molecule has 0 bridgehead atoms. The Morgan fingerprint density at radius 3 is 2.58 bits per heavy atom. The van der Waals surface area contributed by atoms with Crippen molar-refractivity contribution < 1.29 is 4.79 Å². The van der Waals surface area contributed by atoms with E-state index in [0.717, 1.165) is 9.13 Å². The summed E-state index contributed by atoms with van der Waals surface area (Å²) in [6, 6.07) is 9.48. The topological polar surface area (TPSA) is 49.3 Å². The van der Waals surface area contributed by atoms with Gasteiger partial charge in [-0.2, -0.15) is 0 Å². The van der Waals surface area contributed by atoms with E-state index in [1.54, 1.807) is 23.4 Å². The summed E-state index contributed by atoms with van der Waals surface area (Å²) >= 11 is 8.62. The third-order valence-corrected chi connectivity index (χ3v) is 4.67. The van der Waals surface area contributed by atoms with Gasteiger partial charge >= 0.3 is 0 Å². The number of alkyl halides is 1. The summed E-state index contributed by atoms with van der Waals surface area (Å²) in [4.78, 5) is 24.2. The van der Waals surface area contributed by atoms with Crippen LogP contribution in [0, 0.1) is 15.4 Å². The average molecular weight is 453 g/mol. The molecule has 7 heteroatoms. The smallest absolute Gasteiger partial charge is 0.299 e. The number of piperazine rings is 1. The molecule has 2 aromatic rings. The number of hydrogen-bond acceptors (Lipinski definition) is 4. The fourth-order valence-electron chi connectivity index (χ4n) is 2.33. The van der Waals surface area contributed by atoms with E-state index >= 15 is 0 Å². The minimum absolute atomic E-state index is 0.215. The van der Waals surface area contributed by atoms with Crippen LogP contribution in [0.2, 0.25) is 0 Å². The van der Waals surface area contributed by atoms with E-state index in [1.807, 2.05) is 29.2 Å². The largest absolute Gasteiger partial charge is 0.327 e. The maximum absolute atomic E-state index is 12.3. The quantitative estimate of drug-likeness (QED) is 0.288. The Kier molecular flexibility index (Phi) is 5.53. The second kappa shape index (κ2) is 7.81. The molecular weight excluding hydrogens is 439 g/mol. The number of amides is 1. The summed E-state index contributed by atoms with van der Waals surface area (Å²) in [6.07, 6.45) is 3.35. The van der Waals surface area contributed by atoms with Crippen LogP contribution in [0.5, 0.6) is 0 Å². The van der Waals surface area contributed by atoms with Crippen molar-refractivity contribution in [2.24, 2.45) is 0 Å². The highest BCUT2D eigenvalue weighted by Crippen LogP contribution is 2.18. The molecule has 24 heavy (non-hydrogen) atoms. The number of carbonyl (C=O) groups excluding carboxylic acids is 1. The summed E-state index contributed by atoms with van der Waals surface area (Å²) in [5.41, 5.74) is 0.452. The van der Waals surface area contributed by atoms with Crippen LogP contribution in [-0.4, -0.2) is 45.9 Å². The Hall–Kier alpha value is -1.85. The first-order chi connectivity index (χ1) is 11.6. The van der Waals surface area contributed by atoms with Crippen molar-refractivity contribution in [3.8, 4) is 11.8 Å². The van der Waals surface area contributed by atoms with Gasteiger partial charge in [0.1, 0.15) is 5.50 Å². The standard InChI is InChI=1S/C17H14ClIN4O/c18-15-12-22(10-11-23(15)17-20-8-1-9-21-17)16(24)7-4-13-2-5-14(19)6-3-13/h1-3,5-6,8-9,15H,10-12H2. The Bertz CT molecular complexity index is 773. The summed E-state index contributed by atoms with van der Waals surface area (Å²) in [7, 11) is 0. The third kappa shape index (κ3) is 4.16. The SMILES string of the molecule is O=C(C#Cc1ccc(I)cc1)N1CCN(c2ncccn2)C(Cl)C1. The minimum atomic E-state index is -0.370. The highest BCUT2D eigenvalue weighted by molar-refractivity contribution is 14.1. The van der Waals surface area contributed by atoms with Crippen molar-refractivity contribution in [2.45, 2.75) is 5.50 Å². The number of hydrogen-bond donors (Lipinski definition) is 0. The van der Waals surface area contributed by atoms with Crippen molar-refractivity contribution in [2.75, 3.05) is 24.5 Å². The Morgan fingerprint density at radius 2 is 1.92 bits per heavy atom. The second-order valence-corrected chi connectivity index (χ2v) is 6.93. The zero-order chi connectivity index (χ0) is 16.9. The van der Waals surface area contributed by atoms with Crippen molar-refractivity contribution >= 4 is 46.0 Å². The molecule has 1 amide bonds. The molecule has 1 aromatic carbocycles. The molecule has 0 aliphatic carbocycles. The molecule has 1 aliphatic rings. The monoisotopic (exact) mass is 452 g/mol. The number of nitrogens with zero attached hydrogens (tertiary/aromatic N) is 4. The molecule has 3 rings (SSSR count). The first-order valence-corrected chi connectivity index (χ1v) is 8.89. The highest BCUT2D eigenvalue weighted by atomic mass is 127. The molecule has 1 fully saturated rings. The van der Waals surface area contributed by atoms with E-state index in [2.05, 4.69) is 44.4 Å². The number of anilines is 1. The van der Waals surface area contributed by atoms with Crippen LogP contribution >= 0.6 is 34.2 Å². The second-order valence-electron chi connectivity index (χ2n) is 5.18. The van der Waals surface area contributed by atoms with Gasteiger partial charge in [-0.3, -0.25) is 4.79 Å². The van der Waals surface area contributed by atoms with Crippen molar-refractivity contribution in [3.63, 3.8) is 0 Å². The summed E-state index contributed by atoms with van der Waals surface area (Å²) in [5.74, 6) is 5.95. The van der Waals surface area contributed by atoms with Gasteiger partial charge in [0, 0.05) is 40.5 Å². The van der Waals surface area contributed by atoms with Crippen LogP contribution < -0.4 is 4.90 Å². The van der Waals surface area contributed by atoms with Crippen LogP contribution in [0.1, 0.15) is 5.56 Å². The lowest BCUT2D eigenvalue weighted by Crippen LogP contribution is -2.53. The highest BCUT2D eigenvalue weighted by Gasteiger charge is 2.28. The predicted octanol–water partition coefficient (Wildman–Crippen LogP) is 2.35. The van der Waals surface area contributed by atoms with E-state index in [9.17, 15) is 4.79 Å². The fourth-order valence-corrected chi connectivity index (χ4v) is 3.04.